The second-order valence-electron chi connectivity index (χ2n) is 9.27. The molecule has 8 heteroatoms. The van der Waals surface area contributed by atoms with Crippen molar-refractivity contribution in [1.82, 2.24) is 14.9 Å². The quantitative estimate of drug-likeness (QED) is 0.562. The summed E-state index contributed by atoms with van der Waals surface area (Å²) in [4.78, 5) is 17.2. The van der Waals surface area contributed by atoms with Gasteiger partial charge in [0.1, 0.15) is 5.82 Å². The van der Waals surface area contributed by atoms with Crippen LogP contribution in [0.1, 0.15) is 38.5 Å². The lowest BCUT2D eigenvalue weighted by molar-refractivity contribution is 0.0357. The van der Waals surface area contributed by atoms with Gasteiger partial charge in [0, 0.05) is 57.3 Å². The van der Waals surface area contributed by atoms with Crippen LogP contribution in [0.3, 0.4) is 0 Å². The zero-order valence-electron chi connectivity index (χ0n) is 19.9. The standard InChI is InChI=1S/C25H37N5O3/c1-31-22-18-20-21(19-23(22)33-15-7-8-28-13-16-32-17-14-28)26-25(30-11-5-6-12-30)27-24(20)29-9-3-2-4-10-29/h18-19H,2-17H2,1H3. The van der Waals surface area contributed by atoms with E-state index in [-0.39, 0.29) is 0 Å². The number of hydrogen-bond donors (Lipinski definition) is 0. The van der Waals surface area contributed by atoms with Crippen molar-refractivity contribution >= 4 is 22.7 Å². The molecule has 0 radical (unpaired) electrons. The predicted octanol–water partition coefficient (Wildman–Crippen LogP) is 3.33. The summed E-state index contributed by atoms with van der Waals surface area (Å²) in [6.45, 7) is 9.53. The molecular formula is C25H37N5O3. The van der Waals surface area contributed by atoms with Crippen LogP contribution in [0.2, 0.25) is 0 Å². The Bertz CT molecular complexity index is 922. The van der Waals surface area contributed by atoms with Gasteiger partial charge >= 0.3 is 0 Å². The van der Waals surface area contributed by atoms with Crippen LogP contribution in [-0.4, -0.2) is 87.6 Å². The van der Waals surface area contributed by atoms with E-state index in [1.54, 1.807) is 7.11 Å². The molecule has 33 heavy (non-hydrogen) atoms. The van der Waals surface area contributed by atoms with Crippen LogP contribution >= 0.6 is 0 Å². The minimum Gasteiger partial charge on any atom is -0.493 e. The van der Waals surface area contributed by atoms with Crippen molar-refractivity contribution in [2.45, 2.75) is 38.5 Å². The zero-order chi connectivity index (χ0) is 22.5. The number of nitrogens with zero attached hydrogens (tertiary/aromatic N) is 5. The maximum Gasteiger partial charge on any atom is 0.227 e. The van der Waals surface area contributed by atoms with Gasteiger partial charge in [-0.15, -0.1) is 0 Å². The predicted molar refractivity (Wildman–Crippen MR) is 131 cm³/mol. The highest BCUT2D eigenvalue weighted by Gasteiger charge is 2.23. The topological polar surface area (TPSA) is 63.2 Å². The molecule has 3 fully saturated rings. The number of anilines is 2. The molecule has 0 spiro atoms. The first kappa shape index (κ1) is 22.5. The minimum atomic E-state index is 0.655. The zero-order valence-corrected chi connectivity index (χ0v) is 19.9. The molecular weight excluding hydrogens is 418 g/mol. The summed E-state index contributed by atoms with van der Waals surface area (Å²) in [5.74, 6) is 3.41. The number of ether oxygens (including phenoxy) is 3. The van der Waals surface area contributed by atoms with E-state index in [0.717, 1.165) is 99.6 Å². The van der Waals surface area contributed by atoms with Gasteiger partial charge in [0.25, 0.3) is 0 Å². The van der Waals surface area contributed by atoms with E-state index in [0.29, 0.717) is 6.61 Å². The Labute approximate surface area is 196 Å². The third kappa shape index (κ3) is 5.27. The number of hydrogen-bond acceptors (Lipinski definition) is 8. The Morgan fingerprint density at radius 3 is 2.33 bits per heavy atom. The average molecular weight is 456 g/mol. The van der Waals surface area contributed by atoms with Crippen molar-refractivity contribution in [3.63, 3.8) is 0 Å². The molecule has 0 amide bonds. The average Bonchev–Trinajstić information content (AvgIpc) is 3.42. The van der Waals surface area contributed by atoms with E-state index >= 15 is 0 Å². The Balaban J connectivity index is 1.39. The van der Waals surface area contributed by atoms with Crippen LogP contribution in [-0.2, 0) is 4.74 Å². The van der Waals surface area contributed by atoms with Gasteiger partial charge < -0.3 is 24.0 Å². The number of fused-ring (bicyclic) bond motifs is 1. The molecule has 180 valence electrons. The number of morpholine rings is 1. The molecule has 0 saturated carbocycles. The molecule has 1 aromatic heterocycles. The second-order valence-corrected chi connectivity index (χ2v) is 9.27. The van der Waals surface area contributed by atoms with Gasteiger partial charge in [0.05, 0.1) is 32.4 Å². The molecule has 5 rings (SSSR count). The van der Waals surface area contributed by atoms with Crippen molar-refractivity contribution in [2.24, 2.45) is 0 Å². The normalized spacial score (nSPS) is 19.9. The van der Waals surface area contributed by atoms with Crippen molar-refractivity contribution in [3.8, 4) is 11.5 Å². The summed E-state index contributed by atoms with van der Waals surface area (Å²) in [5, 5.41) is 1.05. The second kappa shape index (κ2) is 10.7. The smallest absolute Gasteiger partial charge is 0.227 e. The summed E-state index contributed by atoms with van der Waals surface area (Å²) < 4.78 is 17.4. The Morgan fingerprint density at radius 1 is 0.848 bits per heavy atom. The maximum atomic E-state index is 6.21. The largest absolute Gasteiger partial charge is 0.493 e. The Hall–Kier alpha value is -2.32. The SMILES string of the molecule is COc1cc2c(N3CCCCC3)nc(N3CCCC3)nc2cc1OCCCN1CCOCC1. The highest BCUT2D eigenvalue weighted by Crippen LogP contribution is 2.37. The lowest BCUT2D eigenvalue weighted by Gasteiger charge is -2.30. The van der Waals surface area contributed by atoms with Gasteiger partial charge in [-0.05, 0) is 44.6 Å². The van der Waals surface area contributed by atoms with E-state index in [9.17, 15) is 0 Å². The van der Waals surface area contributed by atoms with E-state index in [2.05, 4.69) is 26.8 Å². The van der Waals surface area contributed by atoms with Crippen LogP contribution in [0.5, 0.6) is 11.5 Å². The summed E-state index contributed by atoms with van der Waals surface area (Å²) >= 11 is 0. The number of methoxy groups -OCH3 is 1. The molecule has 0 unspecified atom stereocenters. The molecule has 0 bridgehead atoms. The Kier molecular flexibility index (Phi) is 7.31. The lowest BCUT2D eigenvalue weighted by atomic mass is 10.1. The lowest BCUT2D eigenvalue weighted by Crippen LogP contribution is -2.37. The molecule has 0 aliphatic carbocycles. The van der Waals surface area contributed by atoms with E-state index in [4.69, 9.17) is 24.2 Å². The van der Waals surface area contributed by atoms with Gasteiger partial charge in [-0.1, -0.05) is 0 Å². The summed E-state index contributed by atoms with van der Waals surface area (Å²) in [7, 11) is 1.71. The summed E-state index contributed by atoms with van der Waals surface area (Å²) in [5.41, 5.74) is 0.941. The number of aromatic nitrogens is 2. The van der Waals surface area contributed by atoms with E-state index in [1.165, 1.54) is 32.1 Å². The Morgan fingerprint density at radius 2 is 1.58 bits per heavy atom. The monoisotopic (exact) mass is 455 g/mol. The van der Waals surface area contributed by atoms with Crippen LogP contribution in [0.15, 0.2) is 12.1 Å². The number of piperidine rings is 1. The van der Waals surface area contributed by atoms with E-state index < -0.39 is 0 Å². The fraction of sp³-hybridized carbons (Fsp3) is 0.680. The maximum absolute atomic E-state index is 6.21. The third-order valence-electron chi connectivity index (χ3n) is 6.97. The molecule has 3 aliphatic heterocycles. The summed E-state index contributed by atoms with van der Waals surface area (Å²) in [6.07, 6.45) is 7.12. The fourth-order valence-electron chi connectivity index (χ4n) is 5.08. The van der Waals surface area contributed by atoms with Crippen molar-refractivity contribution in [1.29, 1.82) is 0 Å². The molecule has 1 aromatic carbocycles. The van der Waals surface area contributed by atoms with Crippen LogP contribution in [0.4, 0.5) is 11.8 Å². The number of benzene rings is 1. The van der Waals surface area contributed by atoms with Crippen LogP contribution in [0, 0.1) is 0 Å². The van der Waals surface area contributed by atoms with Crippen molar-refractivity contribution in [3.05, 3.63) is 12.1 Å². The number of rotatable bonds is 8. The molecule has 0 N–H and O–H groups in total. The van der Waals surface area contributed by atoms with Crippen molar-refractivity contribution < 1.29 is 14.2 Å². The molecule has 3 aliphatic rings. The molecule has 0 atom stereocenters. The fourth-order valence-corrected chi connectivity index (χ4v) is 5.08. The van der Waals surface area contributed by atoms with Crippen molar-refractivity contribution in [2.75, 3.05) is 82.5 Å². The van der Waals surface area contributed by atoms with Gasteiger partial charge in [0.2, 0.25) is 5.95 Å². The molecule has 3 saturated heterocycles. The first-order valence-electron chi connectivity index (χ1n) is 12.6. The van der Waals surface area contributed by atoms with Crippen LogP contribution in [0.25, 0.3) is 10.9 Å². The van der Waals surface area contributed by atoms with E-state index in [1.807, 2.05) is 0 Å². The molecule has 4 heterocycles. The van der Waals surface area contributed by atoms with Crippen LogP contribution < -0.4 is 19.3 Å². The summed E-state index contributed by atoms with van der Waals surface area (Å²) in [6, 6.07) is 4.13. The van der Waals surface area contributed by atoms with Gasteiger partial charge in [-0.25, -0.2) is 4.98 Å². The third-order valence-corrected chi connectivity index (χ3v) is 6.97. The highest BCUT2D eigenvalue weighted by molar-refractivity contribution is 5.93. The first-order chi connectivity index (χ1) is 16.3. The van der Waals surface area contributed by atoms with Gasteiger partial charge in [0.15, 0.2) is 11.5 Å². The highest BCUT2D eigenvalue weighted by atomic mass is 16.5. The van der Waals surface area contributed by atoms with Gasteiger partial charge in [-0.2, -0.15) is 4.98 Å². The minimum absolute atomic E-state index is 0.655. The molecule has 2 aromatic rings. The van der Waals surface area contributed by atoms with Gasteiger partial charge in [-0.3, -0.25) is 4.90 Å². The molecule has 8 nitrogen and oxygen atoms in total. The first-order valence-corrected chi connectivity index (χ1v) is 12.6.